The van der Waals surface area contributed by atoms with Crippen LogP contribution in [0.5, 0.6) is 0 Å². The number of hydrogen-bond acceptors (Lipinski definition) is 3. The number of benzene rings is 2. The van der Waals surface area contributed by atoms with Crippen molar-refractivity contribution < 1.29 is 9.59 Å². The second kappa shape index (κ2) is 8.08. The summed E-state index contributed by atoms with van der Waals surface area (Å²) in [5.74, 6) is -0.233. The number of carbonyl (C=O) groups excluding carboxylic acids is 2. The first kappa shape index (κ1) is 18.0. The van der Waals surface area contributed by atoms with E-state index in [1.165, 1.54) is 5.56 Å². The van der Waals surface area contributed by atoms with E-state index < -0.39 is 0 Å². The molecule has 2 amide bonds. The van der Waals surface area contributed by atoms with Crippen LogP contribution < -0.4 is 10.2 Å². The van der Waals surface area contributed by atoms with Crippen LogP contribution in [0.2, 0.25) is 0 Å². The van der Waals surface area contributed by atoms with E-state index >= 15 is 0 Å². The summed E-state index contributed by atoms with van der Waals surface area (Å²) in [6.07, 6.45) is 2.23. The highest BCUT2D eigenvalue weighted by Gasteiger charge is 2.22. The molecule has 0 atom stereocenters. The molecule has 0 fully saturated rings. The Hall–Kier alpha value is -3.41. The van der Waals surface area contributed by atoms with Crippen LogP contribution in [-0.4, -0.2) is 35.1 Å². The maximum absolute atomic E-state index is 12.6. The molecule has 2 aromatic carbocycles. The van der Waals surface area contributed by atoms with E-state index in [4.69, 9.17) is 0 Å². The van der Waals surface area contributed by atoms with Gasteiger partial charge in [-0.05, 0) is 30.5 Å². The molecule has 0 saturated heterocycles. The van der Waals surface area contributed by atoms with Gasteiger partial charge in [0.1, 0.15) is 5.69 Å². The largest absolute Gasteiger partial charge is 0.350 e. The Morgan fingerprint density at radius 1 is 1.07 bits per heavy atom. The van der Waals surface area contributed by atoms with Crippen LogP contribution in [-0.2, 0) is 11.2 Å². The molecule has 0 spiro atoms. The highest BCUT2D eigenvalue weighted by Crippen LogP contribution is 2.27. The normalized spacial score (nSPS) is 13.1. The van der Waals surface area contributed by atoms with E-state index in [2.05, 4.69) is 21.6 Å². The van der Waals surface area contributed by atoms with Crippen LogP contribution in [0.4, 0.5) is 5.69 Å². The molecular formula is C22H22N4O2. The Balaban J connectivity index is 1.33. The molecule has 0 aliphatic carbocycles. The average molecular weight is 374 g/mol. The van der Waals surface area contributed by atoms with Crippen molar-refractivity contribution in [3.05, 3.63) is 71.9 Å². The molecule has 2 N–H and O–H groups in total. The maximum Gasteiger partial charge on any atom is 0.269 e. The molecule has 0 bridgehead atoms. The lowest BCUT2D eigenvalue weighted by Crippen LogP contribution is -2.37. The van der Waals surface area contributed by atoms with Gasteiger partial charge in [0.25, 0.3) is 5.91 Å². The van der Waals surface area contributed by atoms with E-state index in [1.54, 1.807) is 6.07 Å². The maximum atomic E-state index is 12.6. The summed E-state index contributed by atoms with van der Waals surface area (Å²) in [7, 11) is 0. The van der Waals surface area contributed by atoms with Crippen LogP contribution in [0.3, 0.4) is 0 Å². The molecule has 0 radical (unpaired) electrons. The van der Waals surface area contributed by atoms with Crippen LogP contribution in [0, 0.1) is 0 Å². The number of rotatable bonds is 5. The first-order chi connectivity index (χ1) is 13.7. The number of amides is 2. The van der Waals surface area contributed by atoms with Crippen molar-refractivity contribution in [2.75, 3.05) is 18.0 Å². The van der Waals surface area contributed by atoms with Crippen LogP contribution >= 0.6 is 0 Å². The third-order valence-electron chi connectivity index (χ3n) is 4.93. The molecule has 1 aromatic heterocycles. The average Bonchev–Trinajstić information content (AvgIpc) is 3.24. The van der Waals surface area contributed by atoms with Gasteiger partial charge in [-0.25, -0.2) is 0 Å². The Kier molecular flexibility index (Phi) is 5.19. The first-order valence-electron chi connectivity index (χ1n) is 9.49. The fourth-order valence-electron chi connectivity index (χ4n) is 3.50. The van der Waals surface area contributed by atoms with Crippen molar-refractivity contribution >= 4 is 17.5 Å². The van der Waals surface area contributed by atoms with E-state index in [-0.39, 0.29) is 24.8 Å². The molecule has 28 heavy (non-hydrogen) atoms. The SMILES string of the molecule is O=C(NCCC(=O)N1CCCc2ccccc21)c1cc(-c2ccccc2)n[nH]1. The number of anilines is 1. The third kappa shape index (κ3) is 3.81. The predicted molar refractivity (Wildman–Crippen MR) is 108 cm³/mol. The number of hydrogen-bond donors (Lipinski definition) is 2. The molecule has 0 saturated carbocycles. The van der Waals surface area contributed by atoms with Gasteiger partial charge in [0.15, 0.2) is 0 Å². The van der Waals surface area contributed by atoms with E-state index in [0.29, 0.717) is 11.4 Å². The lowest BCUT2D eigenvalue weighted by atomic mass is 10.0. The second-order valence-corrected chi connectivity index (χ2v) is 6.82. The molecule has 6 nitrogen and oxygen atoms in total. The van der Waals surface area contributed by atoms with Gasteiger partial charge in [0.2, 0.25) is 5.91 Å². The number of H-pyrrole nitrogens is 1. The Morgan fingerprint density at radius 2 is 1.86 bits per heavy atom. The number of aryl methyl sites for hydroxylation is 1. The zero-order valence-corrected chi connectivity index (χ0v) is 15.5. The monoisotopic (exact) mass is 374 g/mol. The molecule has 2 heterocycles. The summed E-state index contributed by atoms with van der Waals surface area (Å²) < 4.78 is 0. The van der Waals surface area contributed by atoms with Gasteiger partial charge in [-0.3, -0.25) is 14.7 Å². The molecule has 1 aliphatic heterocycles. The zero-order chi connectivity index (χ0) is 19.3. The van der Waals surface area contributed by atoms with Crippen molar-refractivity contribution in [2.24, 2.45) is 0 Å². The topological polar surface area (TPSA) is 78.1 Å². The van der Waals surface area contributed by atoms with Crippen LogP contribution in [0.15, 0.2) is 60.7 Å². The van der Waals surface area contributed by atoms with Gasteiger partial charge >= 0.3 is 0 Å². The third-order valence-corrected chi connectivity index (χ3v) is 4.93. The van der Waals surface area contributed by atoms with E-state index in [9.17, 15) is 9.59 Å². The number of nitrogens with one attached hydrogen (secondary N) is 2. The Labute approximate surface area is 163 Å². The van der Waals surface area contributed by atoms with E-state index in [1.807, 2.05) is 53.4 Å². The van der Waals surface area contributed by atoms with Gasteiger partial charge in [0, 0.05) is 30.8 Å². The summed E-state index contributed by atoms with van der Waals surface area (Å²) in [5, 5.41) is 9.75. The molecule has 0 unspecified atom stereocenters. The van der Waals surface area contributed by atoms with Gasteiger partial charge in [0.05, 0.1) is 5.69 Å². The van der Waals surface area contributed by atoms with Gasteiger partial charge in [-0.1, -0.05) is 48.5 Å². The number of aromatic nitrogens is 2. The Morgan fingerprint density at radius 3 is 2.71 bits per heavy atom. The fraction of sp³-hybridized carbons (Fsp3) is 0.227. The Bertz CT molecular complexity index is 981. The molecule has 142 valence electrons. The summed E-state index contributed by atoms with van der Waals surface area (Å²) in [5.41, 5.74) is 4.24. The molecular weight excluding hydrogens is 352 g/mol. The molecule has 1 aliphatic rings. The smallest absolute Gasteiger partial charge is 0.269 e. The lowest BCUT2D eigenvalue weighted by molar-refractivity contribution is -0.118. The minimum absolute atomic E-state index is 0.0297. The van der Waals surface area contributed by atoms with Crippen LogP contribution in [0.25, 0.3) is 11.3 Å². The van der Waals surface area contributed by atoms with Crippen molar-refractivity contribution in [3.63, 3.8) is 0 Å². The van der Waals surface area contributed by atoms with Gasteiger partial charge < -0.3 is 10.2 Å². The predicted octanol–water partition coefficient (Wildman–Crippen LogP) is 3.18. The standard InChI is InChI=1S/C22H22N4O2/c27-21(26-14-6-10-17-9-4-5-11-20(17)26)12-13-23-22(28)19-15-18(24-25-19)16-7-2-1-3-8-16/h1-5,7-9,11,15H,6,10,12-14H2,(H,23,28)(H,24,25). The van der Waals surface area contributed by atoms with Crippen molar-refractivity contribution in [1.82, 2.24) is 15.5 Å². The van der Waals surface area contributed by atoms with Crippen molar-refractivity contribution in [2.45, 2.75) is 19.3 Å². The summed E-state index contributed by atoms with van der Waals surface area (Å²) in [6.45, 7) is 1.01. The zero-order valence-electron chi connectivity index (χ0n) is 15.5. The summed E-state index contributed by atoms with van der Waals surface area (Å²) in [4.78, 5) is 26.8. The molecule has 3 aromatic rings. The molecule has 6 heteroatoms. The number of fused-ring (bicyclic) bond motifs is 1. The number of para-hydroxylation sites is 1. The first-order valence-corrected chi connectivity index (χ1v) is 9.49. The van der Waals surface area contributed by atoms with Crippen molar-refractivity contribution in [3.8, 4) is 11.3 Å². The summed E-state index contributed by atoms with van der Waals surface area (Å²) in [6, 6.07) is 19.4. The fourth-order valence-corrected chi connectivity index (χ4v) is 3.50. The van der Waals surface area contributed by atoms with E-state index in [0.717, 1.165) is 30.6 Å². The summed E-state index contributed by atoms with van der Waals surface area (Å²) >= 11 is 0. The van der Waals surface area contributed by atoms with Gasteiger partial charge in [-0.2, -0.15) is 5.10 Å². The lowest BCUT2D eigenvalue weighted by Gasteiger charge is -2.29. The number of carbonyl (C=O) groups is 2. The molecule has 4 rings (SSSR count). The minimum Gasteiger partial charge on any atom is -0.350 e. The number of aromatic amines is 1. The second-order valence-electron chi connectivity index (χ2n) is 6.82. The highest BCUT2D eigenvalue weighted by atomic mass is 16.2. The highest BCUT2D eigenvalue weighted by molar-refractivity contribution is 5.96. The quantitative estimate of drug-likeness (QED) is 0.720. The van der Waals surface area contributed by atoms with Gasteiger partial charge in [-0.15, -0.1) is 0 Å². The van der Waals surface area contributed by atoms with Crippen molar-refractivity contribution in [1.29, 1.82) is 0 Å². The van der Waals surface area contributed by atoms with Crippen LogP contribution in [0.1, 0.15) is 28.9 Å². The number of nitrogens with zero attached hydrogens (tertiary/aromatic N) is 2. The minimum atomic E-state index is -0.262.